The van der Waals surface area contributed by atoms with Crippen LogP contribution in [0.4, 0.5) is 4.79 Å². The van der Waals surface area contributed by atoms with E-state index in [1.165, 1.54) is 6.20 Å². The highest BCUT2D eigenvalue weighted by Crippen LogP contribution is 2.66. The van der Waals surface area contributed by atoms with Gasteiger partial charge in [0.25, 0.3) is 0 Å². The third-order valence-corrected chi connectivity index (χ3v) is 8.08. The lowest BCUT2D eigenvalue weighted by Gasteiger charge is -2.33. The number of phosphoric acid groups is 3. The van der Waals surface area contributed by atoms with Gasteiger partial charge in [-0.25, -0.2) is 18.5 Å². The van der Waals surface area contributed by atoms with Crippen LogP contribution in [0.1, 0.15) is 19.8 Å². The molecule has 7 N–H and O–H groups in total. The van der Waals surface area contributed by atoms with Gasteiger partial charge in [0.2, 0.25) is 0 Å². The minimum absolute atomic E-state index is 0.192. The Kier molecular flexibility index (Phi) is 7.54. The Balaban J connectivity index is 1.66. The minimum Gasteiger partial charge on any atom is -0.391 e. The third-order valence-electron chi connectivity index (χ3n) is 4.28. The van der Waals surface area contributed by atoms with Gasteiger partial charge in [-0.3, -0.25) is 14.7 Å². The Morgan fingerprint density at radius 1 is 1.21 bits per heavy atom. The second-order valence-electron chi connectivity index (χ2n) is 7.00. The SMILES string of the molecule is C[C@H]1CC2=CN([C@H]3C[C@H](O)[C@@H]([C@H](O)OP(=O)(O)OP(=O)(O)OP(=O)(O)O)O3)C(=O)NC2=NO1. The molecule has 188 valence electrons. The zero-order chi connectivity index (χ0) is 24.8. The van der Waals surface area contributed by atoms with E-state index in [0.717, 1.165) is 4.90 Å². The lowest BCUT2D eigenvalue weighted by molar-refractivity contribution is -0.162. The van der Waals surface area contributed by atoms with Gasteiger partial charge in [-0.2, -0.15) is 8.62 Å². The normalized spacial score (nSPS) is 32.5. The molecule has 0 aliphatic carbocycles. The Labute approximate surface area is 184 Å². The number of rotatable bonds is 8. The zero-order valence-corrected chi connectivity index (χ0v) is 19.2. The maximum atomic E-state index is 12.3. The Hall–Kier alpha value is -1.23. The van der Waals surface area contributed by atoms with Crippen molar-refractivity contribution in [3.05, 3.63) is 11.8 Å². The summed E-state index contributed by atoms with van der Waals surface area (Å²) >= 11 is 0. The van der Waals surface area contributed by atoms with Crippen LogP contribution in [0.3, 0.4) is 0 Å². The summed E-state index contributed by atoms with van der Waals surface area (Å²) < 4.78 is 50.5. The summed E-state index contributed by atoms with van der Waals surface area (Å²) in [5.41, 5.74) is 0.587. The van der Waals surface area contributed by atoms with Gasteiger partial charge in [0.1, 0.15) is 18.4 Å². The van der Waals surface area contributed by atoms with E-state index in [4.69, 9.17) is 24.3 Å². The van der Waals surface area contributed by atoms with Gasteiger partial charge in [0.05, 0.1) is 6.10 Å². The molecule has 1 saturated heterocycles. The number of hydrogen-bond acceptors (Lipinski definition) is 12. The highest BCUT2D eigenvalue weighted by atomic mass is 31.3. The topological polar surface area (TPSA) is 263 Å². The smallest absolute Gasteiger partial charge is 0.391 e. The number of amidine groups is 1. The van der Waals surface area contributed by atoms with Gasteiger partial charge in [0, 0.05) is 24.6 Å². The number of fused-ring (bicyclic) bond motifs is 1. The number of carbonyl (C=O) groups excluding carboxylic acids is 1. The van der Waals surface area contributed by atoms with Crippen LogP contribution in [-0.4, -0.2) is 77.4 Å². The Bertz CT molecular complexity index is 996. The van der Waals surface area contributed by atoms with E-state index in [0.29, 0.717) is 12.0 Å². The van der Waals surface area contributed by atoms with Crippen LogP contribution in [0.2, 0.25) is 0 Å². The predicted octanol–water partition coefficient (Wildman–Crippen LogP) is -0.845. The summed E-state index contributed by atoms with van der Waals surface area (Å²) in [6, 6.07) is -0.712. The van der Waals surface area contributed by atoms with Crippen molar-refractivity contribution in [3.8, 4) is 0 Å². The average molecular weight is 539 g/mol. The van der Waals surface area contributed by atoms with E-state index in [-0.39, 0.29) is 18.4 Å². The van der Waals surface area contributed by atoms with E-state index in [9.17, 15) is 33.6 Å². The van der Waals surface area contributed by atoms with E-state index >= 15 is 0 Å². The van der Waals surface area contributed by atoms with Crippen molar-refractivity contribution in [1.29, 1.82) is 0 Å². The molecule has 3 aliphatic heterocycles. The second kappa shape index (κ2) is 9.43. The molecule has 7 atom stereocenters. The van der Waals surface area contributed by atoms with Crippen LogP contribution in [0.25, 0.3) is 0 Å². The van der Waals surface area contributed by atoms with E-state index in [1.54, 1.807) is 6.92 Å². The molecular weight excluding hydrogens is 519 g/mol. The summed E-state index contributed by atoms with van der Waals surface area (Å²) in [6.07, 6.45) is -5.67. The number of aliphatic hydroxyl groups excluding tert-OH is 2. The molecule has 0 saturated carbocycles. The number of nitrogens with zero attached hydrogens (tertiary/aromatic N) is 2. The molecule has 18 nitrogen and oxygen atoms in total. The van der Waals surface area contributed by atoms with Crippen molar-refractivity contribution >= 4 is 35.3 Å². The molecule has 0 bridgehead atoms. The third kappa shape index (κ3) is 6.90. The molecule has 3 aliphatic rings. The van der Waals surface area contributed by atoms with Crippen molar-refractivity contribution < 1.29 is 71.0 Å². The molecule has 0 aromatic rings. The van der Waals surface area contributed by atoms with E-state index in [1.807, 2.05) is 0 Å². The van der Waals surface area contributed by atoms with Crippen LogP contribution in [-0.2, 0) is 36.4 Å². The number of hydrogen-bond donors (Lipinski definition) is 7. The minimum atomic E-state index is -5.81. The zero-order valence-electron chi connectivity index (χ0n) is 16.5. The number of aliphatic hydroxyl groups is 2. The van der Waals surface area contributed by atoms with Crippen molar-refractivity contribution in [3.63, 3.8) is 0 Å². The number of oxime groups is 1. The molecule has 2 amide bonds. The first kappa shape index (κ1) is 26.4. The number of amides is 2. The van der Waals surface area contributed by atoms with Crippen molar-refractivity contribution in [2.24, 2.45) is 5.16 Å². The summed E-state index contributed by atoms with van der Waals surface area (Å²) in [5.74, 6) is 0.192. The molecule has 3 rings (SSSR count). The molecule has 3 heterocycles. The molecule has 1 fully saturated rings. The van der Waals surface area contributed by atoms with Crippen LogP contribution < -0.4 is 5.32 Å². The summed E-state index contributed by atoms with van der Waals surface area (Å²) in [5, 5.41) is 26.4. The van der Waals surface area contributed by atoms with Gasteiger partial charge >= 0.3 is 29.5 Å². The van der Waals surface area contributed by atoms with Crippen molar-refractivity contribution in [2.75, 3.05) is 0 Å². The molecule has 21 heteroatoms. The van der Waals surface area contributed by atoms with Crippen molar-refractivity contribution in [1.82, 2.24) is 10.2 Å². The molecule has 2 unspecified atom stereocenters. The number of ether oxygens (including phenoxy) is 1. The molecule has 0 aromatic heterocycles. The van der Waals surface area contributed by atoms with Gasteiger partial charge in [-0.1, -0.05) is 5.16 Å². The lowest BCUT2D eigenvalue weighted by Crippen LogP contribution is -2.51. The number of nitrogens with one attached hydrogen (secondary N) is 1. The quantitative estimate of drug-likeness (QED) is 0.146. The fourth-order valence-electron chi connectivity index (χ4n) is 3.07. The number of carbonyl (C=O) groups is 1. The summed E-state index contributed by atoms with van der Waals surface area (Å²) in [6.45, 7) is 1.74. The van der Waals surface area contributed by atoms with E-state index in [2.05, 4.69) is 23.6 Å². The van der Waals surface area contributed by atoms with Gasteiger partial charge in [0.15, 0.2) is 12.1 Å². The second-order valence-corrected chi connectivity index (χ2v) is 11.4. The highest BCUT2D eigenvalue weighted by Gasteiger charge is 2.48. The predicted molar refractivity (Wildman–Crippen MR) is 101 cm³/mol. The standard InChI is InChI=1S/C12H20N3O15P3/c1-5-2-6-4-15(12(18)13-10(6)14-27-5)8-3-7(16)9(26-8)11(17)28-32(22,23)30-33(24,25)29-31(19,20)21/h4-5,7-9,11,16-17H,2-3H2,1H3,(H,22,23)(H,24,25)(H,13,14,18)(H2,19,20,21)/t5-,7-,8+,9-,11+/m0/s1. The molecule has 0 spiro atoms. The molecular formula is C12H20N3O15P3. The monoisotopic (exact) mass is 539 g/mol. The first-order valence-electron chi connectivity index (χ1n) is 8.93. The highest BCUT2D eigenvalue weighted by molar-refractivity contribution is 7.66. The fraction of sp³-hybridized carbons (Fsp3) is 0.667. The van der Waals surface area contributed by atoms with Gasteiger partial charge < -0.3 is 39.4 Å². The van der Waals surface area contributed by atoms with Gasteiger partial charge in [-0.15, -0.1) is 0 Å². The van der Waals surface area contributed by atoms with Crippen LogP contribution in [0.15, 0.2) is 16.9 Å². The number of phosphoric ester groups is 1. The number of urea groups is 1. The maximum absolute atomic E-state index is 12.3. The molecule has 0 radical (unpaired) electrons. The Morgan fingerprint density at radius 3 is 2.52 bits per heavy atom. The lowest BCUT2D eigenvalue weighted by atomic mass is 10.1. The van der Waals surface area contributed by atoms with Crippen molar-refractivity contribution in [2.45, 2.75) is 50.6 Å². The van der Waals surface area contributed by atoms with E-state index < -0.39 is 54.2 Å². The van der Waals surface area contributed by atoms with Gasteiger partial charge in [-0.05, 0) is 6.92 Å². The Morgan fingerprint density at radius 2 is 1.88 bits per heavy atom. The average Bonchev–Trinajstić information content (AvgIpc) is 2.99. The first-order chi connectivity index (χ1) is 15.1. The van der Waals surface area contributed by atoms with Crippen LogP contribution >= 0.6 is 23.5 Å². The summed E-state index contributed by atoms with van der Waals surface area (Å²) in [4.78, 5) is 54.1. The molecule has 33 heavy (non-hydrogen) atoms. The fourth-order valence-corrected chi connectivity index (χ4v) is 6.12. The van der Waals surface area contributed by atoms with Crippen LogP contribution in [0, 0.1) is 0 Å². The largest absolute Gasteiger partial charge is 0.490 e. The maximum Gasteiger partial charge on any atom is 0.490 e. The first-order valence-corrected chi connectivity index (χ1v) is 13.5. The summed E-state index contributed by atoms with van der Waals surface area (Å²) in [7, 11) is -17.1. The molecule has 0 aromatic carbocycles. The van der Waals surface area contributed by atoms with Crippen LogP contribution in [0.5, 0.6) is 0 Å².